The molecule has 23 heavy (non-hydrogen) atoms. The second-order valence-electron chi connectivity index (χ2n) is 6.39. The summed E-state index contributed by atoms with van der Waals surface area (Å²) in [5.74, 6) is -0.921. The molecule has 126 valence electrons. The predicted molar refractivity (Wildman–Crippen MR) is 83.8 cm³/mol. The minimum atomic E-state index is -0.678. The fourth-order valence-corrected chi connectivity index (χ4v) is 3.12. The number of nitro groups is 1. The Morgan fingerprint density at radius 3 is 2.78 bits per heavy atom. The van der Waals surface area contributed by atoms with Crippen molar-refractivity contribution in [2.24, 2.45) is 11.3 Å². The van der Waals surface area contributed by atoms with Gasteiger partial charge in [-0.2, -0.15) is 0 Å². The average molecular weight is 324 g/mol. The van der Waals surface area contributed by atoms with Gasteiger partial charge >= 0.3 is 5.97 Å². The minimum Gasteiger partial charge on any atom is -0.469 e. The van der Waals surface area contributed by atoms with Gasteiger partial charge < -0.3 is 9.64 Å². The maximum absolute atomic E-state index is 13.3. The standard InChI is InChI=1S/C16H21FN2O4/c1-16(2,15(20)23-3)11-5-4-8-18(10-11)13-7-6-12(17)9-14(13)19(21)22/h6-7,9,11H,4-5,8,10H2,1-3H3. The minimum absolute atomic E-state index is 0.00774. The summed E-state index contributed by atoms with van der Waals surface area (Å²) in [6.07, 6.45) is 1.65. The highest BCUT2D eigenvalue weighted by atomic mass is 19.1. The van der Waals surface area contributed by atoms with E-state index < -0.39 is 16.2 Å². The van der Waals surface area contributed by atoms with Crippen LogP contribution in [0.3, 0.4) is 0 Å². The molecular weight excluding hydrogens is 303 g/mol. The molecule has 0 N–H and O–H groups in total. The molecule has 0 saturated carbocycles. The molecule has 1 atom stereocenters. The van der Waals surface area contributed by atoms with Crippen LogP contribution in [0.5, 0.6) is 0 Å². The second kappa shape index (κ2) is 6.52. The fourth-order valence-electron chi connectivity index (χ4n) is 3.12. The van der Waals surface area contributed by atoms with Gasteiger partial charge in [0.05, 0.1) is 23.5 Å². The number of nitrogens with zero attached hydrogens (tertiary/aromatic N) is 2. The van der Waals surface area contributed by atoms with E-state index in [4.69, 9.17) is 4.74 Å². The number of methoxy groups -OCH3 is 1. The smallest absolute Gasteiger partial charge is 0.311 e. The maximum atomic E-state index is 13.3. The topological polar surface area (TPSA) is 72.7 Å². The van der Waals surface area contributed by atoms with E-state index in [0.29, 0.717) is 18.8 Å². The Balaban J connectivity index is 2.29. The zero-order valence-corrected chi connectivity index (χ0v) is 13.5. The normalized spacial score (nSPS) is 18.6. The van der Waals surface area contributed by atoms with E-state index in [-0.39, 0.29) is 17.6 Å². The molecule has 1 unspecified atom stereocenters. The number of hydrogen-bond acceptors (Lipinski definition) is 5. The number of esters is 1. The van der Waals surface area contributed by atoms with E-state index in [1.54, 1.807) is 0 Å². The van der Waals surface area contributed by atoms with Crippen LogP contribution < -0.4 is 4.90 Å². The molecule has 0 amide bonds. The van der Waals surface area contributed by atoms with Crippen LogP contribution in [0, 0.1) is 27.3 Å². The average Bonchev–Trinajstić information content (AvgIpc) is 2.53. The Hall–Kier alpha value is -2.18. The number of nitro benzene ring substituents is 1. The largest absolute Gasteiger partial charge is 0.469 e. The van der Waals surface area contributed by atoms with Gasteiger partial charge in [-0.3, -0.25) is 14.9 Å². The van der Waals surface area contributed by atoms with E-state index in [1.807, 2.05) is 18.7 Å². The van der Waals surface area contributed by atoms with Crippen molar-refractivity contribution >= 4 is 17.3 Å². The SMILES string of the molecule is COC(=O)C(C)(C)C1CCCN(c2ccc(F)cc2[N+](=O)[O-])C1. The number of ether oxygens (including phenoxy) is 1. The predicted octanol–water partition coefficient (Wildman–Crippen LogP) is 3.15. The highest BCUT2D eigenvalue weighted by Gasteiger charge is 2.40. The molecule has 7 heteroatoms. The maximum Gasteiger partial charge on any atom is 0.311 e. The van der Waals surface area contributed by atoms with Gasteiger partial charge in [-0.05, 0) is 44.7 Å². The van der Waals surface area contributed by atoms with E-state index in [2.05, 4.69) is 0 Å². The molecule has 0 spiro atoms. The third kappa shape index (κ3) is 3.43. The Morgan fingerprint density at radius 1 is 1.48 bits per heavy atom. The number of anilines is 1. The number of carbonyl (C=O) groups excluding carboxylic acids is 1. The van der Waals surface area contributed by atoms with Crippen molar-refractivity contribution in [3.05, 3.63) is 34.1 Å². The van der Waals surface area contributed by atoms with Crippen molar-refractivity contribution in [1.82, 2.24) is 0 Å². The Morgan fingerprint density at radius 2 is 2.17 bits per heavy atom. The Labute approximate surface area is 134 Å². The van der Waals surface area contributed by atoms with Gasteiger partial charge in [-0.15, -0.1) is 0 Å². The van der Waals surface area contributed by atoms with Gasteiger partial charge in [0.1, 0.15) is 11.5 Å². The Kier molecular flexibility index (Phi) is 4.87. The quantitative estimate of drug-likeness (QED) is 0.483. The molecule has 0 aliphatic carbocycles. The molecule has 2 rings (SSSR count). The van der Waals surface area contributed by atoms with E-state index in [9.17, 15) is 19.3 Å². The van der Waals surface area contributed by atoms with Crippen LogP contribution in [0.1, 0.15) is 26.7 Å². The summed E-state index contributed by atoms with van der Waals surface area (Å²) >= 11 is 0. The molecule has 1 aliphatic heterocycles. The van der Waals surface area contributed by atoms with Gasteiger partial charge in [-0.25, -0.2) is 4.39 Å². The lowest BCUT2D eigenvalue weighted by Crippen LogP contribution is -2.45. The number of halogens is 1. The van der Waals surface area contributed by atoms with Crippen molar-refractivity contribution in [2.45, 2.75) is 26.7 Å². The van der Waals surface area contributed by atoms with Crippen LogP contribution in [0.15, 0.2) is 18.2 Å². The Bertz CT molecular complexity index is 618. The third-order valence-corrected chi connectivity index (χ3v) is 4.63. The number of rotatable bonds is 4. The van der Waals surface area contributed by atoms with Crippen molar-refractivity contribution in [3.8, 4) is 0 Å². The highest BCUT2D eigenvalue weighted by molar-refractivity contribution is 5.76. The van der Waals surface area contributed by atoms with Crippen molar-refractivity contribution in [1.29, 1.82) is 0 Å². The summed E-state index contributed by atoms with van der Waals surface area (Å²) in [5.41, 5.74) is -0.536. The number of carbonyl (C=O) groups is 1. The van der Waals surface area contributed by atoms with Crippen molar-refractivity contribution in [3.63, 3.8) is 0 Å². The van der Waals surface area contributed by atoms with Crippen LogP contribution in [0.25, 0.3) is 0 Å². The fraction of sp³-hybridized carbons (Fsp3) is 0.562. The summed E-state index contributed by atoms with van der Waals surface area (Å²) < 4.78 is 18.2. The molecule has 6 nitrogen and oxygen atoms in total. The molecule has 1 saturated heterocycles. The van der Waals surface area contributed by atoms with Gasteiger partial charge in [0.25, 0.3) is 5.69 Å². The third-order valence-electron chi connectivity index (χ3n) is 4.63. The van der Waals surface area contributed by atoms with Gasteiger partial charge in [0.2, 0.25) is 0 Å². The first-order valence-corrected chi connectivity index (χ1v) is 7.54. The van der Waals surface area contributed by atoms with Crippen molar-refractivity contribution in [2.75, 3.05) is 25.1 Å². The molecule has 1 aliphatic rings. The molecule has 0 bridgehead atoms. The van der Waals surface area contributed by atoms with E-state index in [0.717, 1.165) is 18.9 Å². The van der Waals surface area contributed by atoms with Gasteiger partial charge in [0.15, 0.2) is 0 Å². The van der Waals surface area contributed by atoms with Crippen LogP contribution in [-0.2, 0) is 9.53 Å². The zero-order valence-electron chi connectivity index (χ0n) is 13.5. The van der Waals surface area contributed by atoms with E-state index in [1.165, 1.54) is 19.2 Å². The van der Waals surface area contributed by atoms with Gasteiger partial charge in [-0.1, -0.05) is 0 Å². The molecule has 0 radical (unpaired) electrons. The molecule has 0 aromatic heterocycles. The summed E-state index contributed by atoms with van der Waals surface area (Å²) in [7, 11) is 1.36. The first-order chi connectivity index (χ1) is 10.8. The summed E-state index contributed by atoms with van der Waals surface area (Å²) in [6, 6.07) is 3.59. The monoisotopic (exact) mass is 324 g/mol. The first kappa shape index (κ1) is 17.2. The first-order valence-electron chi connectivity index (χ1n) is 7.54. The number of hydrogen-bond donors (Lipinski definition) is 0. The van der Waals surface area contributed by atoms with Crippen molar-refractivity contribution < 1.29 is 18.8 Å². The summed E-state index contributed by atoms with van der Waals surface area (Å²) in [5, 5.41) is 11.2. The van der Waals surface area contributed by atoms with Crippen LogP contribution in [0.4, 0.5) is 15.8 Å². The lowest BCUT2D eigenvalue weighted by Gasteiger charge is -2.40. The number of piperidine rings is 1. The summed E-state index contributed by atoms with van der Waals surface area (Å²) in [6.45, 7) is 4.78. The van der Waals surface area contributed by atoms with Crippen LogP contribution in [-0.4, -0.2) is 31.1 Å². The molecular formula is C16H21FN2O4. The lowest BCUT2D eigenvalue weighted by atomic mass is 9.74. The van der Waals surface area contributed by atoms with Crippen LogP contribution in [0.2, 0.25) is 0 Å². The molecule has 1 aromatic carbocycles. The lowest BCUT2D eigenvalue weighted by molar-refractivity contribution is -0.384. The molecule has 1 aromatic rings. The molecule has 1 heterocycles. The van der Waals surface area contributed by atoms with E-state index >= 15 is 0 Å². The zero-order chi connectivity index (χ0) is 17.2. The molecule has 1 fully saturated rings. The second-order valence-corrected chi connectivity index (χ2v) is 6.39. The number of benzene rings is 1. The summed E-state index contributed by atoms with van der Waals surface area (Å²) in [4.78, 5) is 24.5. The van der Waals surface area contributed by atoms with Gasteiger partial charge in [0, 0.05) is 13.1 Å². The highest BCUT2D eigenvalue weighted by Crippen LogP contribution is 2.38. The van der Waals surface area contributed by atoms with Crippen LogP contribution >= 0.6 is 0 Å².